The molecule has 3 aromatic rings. The third kappa shape index (κ3) is 6.33. The van der Waals surface area contributed by atoms with E-state index in [1.165, 1.54) is 29.9 Å². The van der Waals surface area contributed by atoms with Crippen molar-refractivity contribution in [1.29, 1.82) is 0 Å². The number of pyridine rings is 1. The number of ether oxygens (including phenoxy) is 2. The van der Waals surface area contributed by atoms with Gasteiger partial charge >= 0.3 is 6.18 Å². The molecule has 2 aromatic carbocycles. The number of alkyl halides is 3. The molecule has 1 heterocycles. The van der Waals surface area contributed by atoms with Gasteiger partial charge in [0.25, 0.3) is 5.56 Å². The second-order valence-corrected chi connectivity index (χ2v) is 8.48. The van der Waals surface area contributed by atoms with Gasteiger partial charge < -0.3 is 14.6 Å². The minimum absolute atomic E-state index is 0.116. The number of aliphatic hydroxyl groups is 1. The Hall–Kier alpha value is -2.91. The standard InChI is InChI=1S/C24H24F3NO4S/c1-3-33-15-20(29)14-32-21-9-8-19(13-22(21)31-2)28-11-10-17(12-23(28)30)16-4-6-18(7-5-16)24(25,26)27/h4-13,20,29H,3,14-15H2,1-2H3. The van der Waals surface area contributed by atoms with Crippen molar-refractivity contribution in [2.24, 2.45) is 0 Å². The van der Waals surface area contributed by atoms with Crippen molar-refractivity contribution in [2.45, 2.75) is 19.2 Å². The lowest BCUT2D eigenvalue weighted by atomic mass is 10.0. The molecule has 1 atom stereocenters. The van der Waals surface area contributed by atoms with Gasteiger partial charge in [-0.05, 0) is 47.2 Å². The first kappa shape index (κ1) is 24.7. The maximum atomic E-state index is 12.8. The molecule has 0 aliphatic heterocycles. The molecular formula is C24H24F3NO4S. The summed E-state index contributed by atoms with van der Waals surface area (Å²) in [6.07, 6.45) is -3.47. The predicted octanol–water partition coefficient (Wildman–Crippen LogP) is 5.02. The maximum absolute atomic E-state index is 12.8. The lowest BCUT2D eigenvalue weighted by Crippen LogP contribution is -2.20. The molecule has 33 heavy (non-hydrogen) atoms. The normalized spacial score (nSPS) is 12.4. The van der Waals surface area contributed by atoms with Gasteiger partial charge in [0.2, 0.25) is 0 Å². The van der Waals surface area contributed by atoms with Crippen molar-refractivity contribution in [1.82, 2.24) is 4.57 Å². The monoisotopic (exact) mass is 479 g/mol. The number of aliphatic hydroxyl groups excluding tert-OH is 1. The van der Waals surface area contributed by atoms with Gasteiger partial charge in [0.1, 0.15) is 6.61 Å². The molecule has 1 unspecified atom stereocenters. The van der Waals surface area contributed by atoms with Crippen molar-refractivity contribution in [2.75, 3.05) is 25.2 Å². The van der Waals surface area contributed by atoms with Crippen molar-refractivity contribution in [3.05, 3.63) is 76.7 Å². The summed E-state index contributed by atoms with van der Waals surface area (Å²) in [5, 5.41) is 9.96. The highest BCUT2D eigenvalue weighted by atomic mass is 32.2. The molecule has 0 saturated heterocycles. The van der Waals surface area contributed by atoms with Crippen LogP contribution in [-0.4, -0.2) is 41.0 Å². The third-order valence-corrected chi connectivity index (χ3v) is 5.86. The predicted molar refractivity (Wildman–Crippen MR) is 124 cm³/mol. The SMILES string of the molecule is CCSCC(O)COc1ccc(-n2ccc(-c3ccc(C(F)(F)F)cc3)cc2=O)cc1OC. The Bertz CT molecular complexity index is 1130. The zero-order chi connectivity index (χ0) is 24.0. The number of hydrogen-bond donors (Lipinski definition) is 1. The van der Waals surface area contributed by atoms with Crippen LogP contribution in [-0.2, 0) is 6.18 Å². The summed E-state index contributed by atoms with van der Waals surface area (Å²) in [5.41, 5.74) is 0.454. The van der Waals surface area contributed by atoms with E-state index in [0.29, 0.717) is 34.1 Å². The number of thioether (sulfide) groups is 1. The summed E-state index contributed by atoms with van der Waals surface area (Å²) in [7, 11) is 1.48. The minimum atomic E-state index is -4.41. The average molecular weight is 480 g/mol. The molecular weight excluding hydrogens is 455 g/mol. The first-order chi connectivity index (χ1) is 15.7. The van der Waals surface area contributed by atoms with Crippen molar-refractivity contribution >= 4 is 11.8 Å². The second-order valence-electron chi connectivity index (χ2n) is 7.16. The highest BCUT2D eigenvalue weighted by Crippen LogP contribution is 2.31. The van der Waals surface area contributed by atoms with Gasteiger partial charge in [-0.3, -0.25) is 9.36 Å². The summed E-state index contributed by atoms with van der Waals surface area (Å²) in [6, 6.07) is 12.7. The minimum Gasteiger partial charge on any atom is -0.493 e. The summed E-state index contributed by atoms with van der Waals surface area (Å²) in [6.45, 7) is 2.13. The molecule has 1 aromatic heterocycles. The molecule has 1 N–H and O–H groups in total. The third-order valence-electron chi connectivity index (χ3n) is 4.84. The molecule has 0 saturated carbocycles. The van der Waals surface area contributed by atoms with Crippen LogP contribution in [0.25, 0.3) is 16.8 Å². The van der Waals surface area contributed by atoms with Gasteiger partial charge in [-0.2, -0.15) is 24.9 Å². The number of methoxy groups -OCH3 is 1. The van der Waals surface area contributed by atoms with Gasteiger partial charge in [-0.25, -0.2) is 0 Å². The molecule has 0 spiro atoms. The van der Waals surface area contributed by atoms with Crippen LogP contribution in [0.4, 0.5) is 13.2 Å². The first-order valence-corrected chi connectivity index (χ1v) is 11.4. The fraction of sp³-hybridized carbons (Fsp3) is 0.292. The van der Waals surface area contributed by atoms with E-state index in [9.17, 15) is 23.1 Å². The van der Waals surface area contributed by atoms with Crippen LogP contribution in [0.15, 0.2) is 65.6 Å². The van der Waals surface area contributed by atoms with E-state index in [1.54, 1.807) is 42.2 Å². The van der Waals surface area contributed by atoms with Gasteiger partial charge in [-0.1, -0.05) is 19.1 Å². The second kappa shape index (κ2) is 10.8. The fourth-order valence-corrected chi connectivity index (χ4v) is 3.74. The number of halogens is 3. The van der Waals surface area contributed by atoms with Crippen LogP contribution in [0.1, 0.15) is 12.5 Å². The van der Waals surface area contributed by atoms with Crippen LogP contribution in [0, 0.1) is 0 Å². The van der Waals surface area contributed by atoms with E-state index in [-0.39, 0.29) is 12.2 Å². The number of benzene rings is 2. The Labute approximate surface area is 193 Å². The Balaban J connectivity index is 1.80. The first-order valence-electron chi connectivity index (χ1n) is 10.2. The van der Waals surface area contributed by atoms with Crippen LogP contribution in [0.5, 0.6) is 11.5 Å². The largest absolute Gasteiger partial charge is 0.493 e. The molecule has 176 valence electrons. The van der Waals surface area contributed by atoms with E-state index >= 15 is 0 Å². The van der Waals surface area contributed by atoms with Crippen molar-refractivity contribution < 1.29 is 27.8 Å². The number of rotatable bonds is 9. The Morgan fingerprint density at radius 3 is 2.36 bits per heavy atom. The van der Waals surface area contributed by atoms with Crippen LogP contribution in [0.3, 0.4) is 0 Å². The Morgan fingerprint density at radius 1 is 1.03 bits per heavy atom. The number of aromatic nitrogens is 1. The van der Waals surface area contributed by atoms with Crippen molar-refractivity contribution in [3.63, 3.8) is 0 Å². The van der Waals surface area contributed by atoms with E-state index in [0.717, 1.165) is 17.9 Å². The summed E-state index contributed by atoms with van der Waals surface area (Å²) >= 11 is 1.61. The lowest BCUT2D eigenvalue weighted by molar-refractivity contribution is -0.137. The van der Waals surface area contributed by atoms with Gasteiger partial charge in [0, 0.05) is 24.1 Å². The van der Waals surface area contributed by atoms with Gasteiger partial charge in [0.05, 0.1) is 24.5 Å². The topological polar surface area (TPSA) is 60.7 Å². The molecule has 0 amide bonds. The molecule has 5 nitrogen and oxygen atoms in total. The molecule has 0 fully saturated rings. The molecule has 0 bridgehead atoms. The van der Waals surface area contributed by atoms with E-state index in [2.05, 4.69) is 0 Å². The Morgan fingerprint density at radius 2 is 1.76 bits per heavy atom. The van der Waals surface area contributed by atoms with Crippen LogP contribution >= 0.6 is 11.8 Å². The quantitative estimate of drug-likeness (QED) is 0.467. The molecule has 3 rings (SSSR count). The van der Waals surface area contributed by atoms with E-state index in [4.69, 9.17) is 9.47 Å². The summed E-state index contributed by atoms with van der Waals surface area (Å²) in [5.74, 6) is 2.32. The van der Waals surface area contributed by atoms with Gasteiger partial charge in [0.15, 0.2) is 11.5 Å². The molecule has 0 radical (unpaired) electrons. The molecule has 0 aliphatic carbocycles. The molecule has 9 heteroatoms. The lowest BCUT2D eigenvalue weighted by Gasteiger charge is -2.15. The number of hydrogen-bond acceptors (Lipinski definition) is 5. The van der Waals surface area contributed by atoms with Crippen molar-refractivity contribution in [3.8, 4) is 28.3 Å². The van der Waals surface area contributed by atoms with E-state index in [1.807, 2.05) is 6.92 Å². The zero-order valence-corrected chi connectivity index (χ0v) is 18.9. The maximum Gasteiger partial charge on any atom is 0.416 e. The highest BCUT2D eigenvalue weighted by Gasteiger charge is 2.30. The average Bonchev–Trinajstić information content (AvgIpc) is 2.80. The highest BCUT2D eigenvalue weighted by molar-refractivity contribution is 7.99. The summed E-state index contributed by atoms with van der Waals surface area (Å²) < 4.78 is 50.7. The molecule has 0 aliphatic rings. The Kier molecular flexibility index (Phi) is 8.10. The van der Waals surface area contributed by atoms with E-state index < -0.39 is 17.8 Å². The number of nitrogens with zero attached hydrogens (tertiary/aromatic N) is 1. The summed E-state index contributed by atoms with van der Waals surface area (Å²) in [4.78, 5) is 12.7. The van der Waals surface area contributed by atoms with Crippen LogP contribution in [0.2, 0.25) is 0 Å². The fourth-order valence-electron chi connectivity index (χ4n) is 3.14. The van der Waals surface area contributed by atoms with Gasteiger partial charge in [-0.15, -0.1) is 0 Å². The smallest absolute Gasteiger partial charge is 0.416 e. The zero-order valence-electron chi connectivity index (χ0n) is 18.1. The van der Waals surface area contributed by atoms with Crippen LogP contribution < -0.4 is 15.0 Å².